The highest BCUT2D eigenvalue weighted by Crippen LogP contribution is 2.32. The van der Waals surface area contributed by atoms with E-state index in [1.54, 1.807) is 5.32 Å². The summed E-state index contributed by atoms with van der Waals surface area (Å²) in [7, 11) is 0. The van der Waals surface area contributed by atoms with Crippen LogP contribution in [-0.2, 0) is 62.6 Å². The zero-order valence-electron chi connectivity index (χ0n) is 31.2. The number of aliphatic hydroxyl groups excluding tert-OH is 3. The molecule has 10 atom stereocenters. The van der Waals surface area contributed by atoms with Crippen LogP contribution in [-0.4, -0.2) is 121 Å². The van der Waals surface area contributed by atoms with Crippen molar-refractivity contribution in [3.8, 4) is 0 Å². The van der Waals surface area contributed by atoms with Gasteiger partial charge in [0.25, 0.3) is 0 Å². The van der Waals surface area contributed by atoms with Crippen LogP contribution in [0.3, 0.4) is 0 Å². The van der Waals surface area contributed by atoms with Crippen molar-refractivity contribution >= 4 is 11.8 Å². The number of carbonyl (C=O) groups excluding carboxylic acids is 2. The van der Waals surface area contributed by atoms with Gasteiger partial charge in [-0.3, -0.25) is 9.59 Å². The summed E-state index contributed by atoms with van der Waals surface area (Å²) in [6.07, 6.45) is -17.5. The molecule has 0 aliphatic carbocycles. The van der Waals surface area contributed by atoms with E-state index < -0.39 is 79.3 Å². The predicted octanol–water partition coefficient (Wildman–Crippen LogP) is 2.51. The van der Waals surface area contributed by atoms with E-state index >= 15 is 0 Å². The highest BCUT2D eigenvalue weighted by Gasteiger charge is 2.52. The molecule has 0 radical (unpaired) electrons. The molecule has 2 aliphatic rings. The number of nitrogens with one attached hydrogen (secondary N) is 2. The molecule has 14 nitrogen and oxygen atoms in total. The van der Waals surface area contributed by atoms with E-state index in [0.29, 0.717) is 0 Å². The van der Waals surface area contributed by atoms with Crippen LogP contribution in [0.4, 0.5) is 13.2 Å². The molecule has 57 heavy (non-hydrogen) atoms. The molecular weight excluding hydrogens is 757 g/mol. The summed E-state index contributed by atoms with van der Waals surface area (Å²) in [6.45, 7) is 0.695. The Morgan fingerprint density at radius 2 is 1.21 bits per heavy atom. The van der Waals surface area contributed by atoms with Crippen molar-refractivity contribution < 1.29 is 71.2 Å². The molecule has 2 aliphatic heterocycles. The number of rotatable bonds is 19. The first-order chi connectivity index (χ1) is 27.4. The minimum absolute atomic E-state index is 0.000600. The zero-order valence-corrected chi connectivity index (χ0v) is 31.2. The maximum Gasteiger partial charge on any atom is 0.471 e. The van der Waals surface area contributed by atoms with E-state index in [4.69, 9.17) is 33.2 Å². The lowest BCUT2D eigenvalue weighted by Crippen LogP contribution is -2.68. The van der Waals surface area contributed by atoms with Gasteiger partial charge in [0.1, 0.15) is 48.8 Å². The van der Waals surface area contributed by atoms with Crippen LogP contribution in [0.5, 0.6) is 0 Å². The first-order valence-electron chi connectivity index (χ1n) is 18.5. The summed E-state index contributed by atoms with van der Waals surface area (Å²) in [5.74, 6) is -2.60. The number of amides is 2. The molecule has 2 heterocycles. The fourth-order valence-electron chi connectivity index (χ4n) is 6.33. The number of ether oxygens (including phenoxy) is 7. The standard InChI is InChI=1S/C40H49F3N2O12/c1-25(46)45-31-36(54-22-28-16-9-4-10-17-28)35(57-38-34(49)33(48)32(47)29(55-38)23-51-20-26-12-5-2-6-13-26)30(24-52-21-27-14-7-3-8-15-27)56-37(31)53-19-11-18-44-39(50)40(41,42)43/h2-10,12-17,29-38,47-49H,11,18-24H2,1H3,(H,44,50)(H,45,46)/t29-,30-,31-,32+,33+,34-,35-,36-,37-,38+/m1/s1. The third-order valence-electron chi connectivity index (χ3n) is 9.19. The van der Waals surface area contributed by atoms with Crippen LogP contribution in [0.25, 0.3) is 0 Å². The molecule has 0 unspecified atom stereocenters. The summed E-state index contributed by atoms with van der Waals surface area (Å²) in [6, 6.07) is 26.5. The highest BCUT2D eigenvalue weighted by atomic mass is 19.4. The molecule has 17 heteroatoms. The second-order valence-electron chi connectivity index (χ2n) is 13.6. The summed E-state index contributed by atoms with van der Waals surface area (Å²) in [5.41, 5.74) is 2.45. The lowest BCUT2D eigenvalue weighted by molar-refractivity contribution is -0.353. The van der Waals surface area contributed by atoms with Gasteiger partial charge in [0.15, 0.2) is 12.6 Å². The Morgan fingerprint density at radius 3 is 1.75 bits per heavy atom. The van der Waals surface area contributed by atoms with Gasteiger partial charge in [-0.1, -0.05) is 91.0 Å². The van der Waals surface area contributed by atoms with Gasteiger partial charge < -0.3 is 59.1 Å². The zero-order chi connectivity index (χ0) is 40.8. The molecule has 2 amide bonds. The normalized spacial score (nSPS) is 27.8. The molecule has 3 aromatic rings. The topological polar surface area (TPSA) is 184 Å². The average Bonchev–Trinajstić information content (AvgIpc) is 3.20. The Bertz CT molecular complexity index is 1650. The van der Waals surface area contributed by atoms with E-state index in [1.807, 2.05) is 91.0 Å². The molecule has 2 fully saturated rings. The minimum atomic E-state index is -5.05. The largest absolute Gasteiger partial charge is 0.471 e. The third-order valence-corrected chi connectivity index (χ3v) is 9.19. The van der Waals surface area contributed by atoms with Gasteiger partial charge in [0.05, 0.1) is 39.6 Å². The molecule has 0 bridgehead atoms. The summed E-state index contributed by atoms with van der Waals surface area (Å²) in [4.78, 5) is 24.0. The van der Waals surface area contributed by atoms with Crippen molar-refractivity contribution in [3.05, 3.63) is 108 Å². The van der Waals surface area contributed by atoms with Gasteiger partial charge >= 0.3 is 12.1 Å². The van der Waals surface area contributed by atoms with Gasteiger partial charge in [-0.15, -0.1) is 0 Å². The number of benzene rings is 3. The quantitative estimate of drug-likeness (QED) is 0.112. The molecule has 5 rings (SSSR count). The maximum absolute atomic E-state index is 12.7. The van der Waals surface area contributed by atoms with Crippen molar-refractivity contribution in [1.82, 2.24) is 10.6 Å². The van der Waals surface area contributed by atoms with Gasteiger partial charge in [-0.05, 0) is 23.1 Å². The van der Waals surface area contributed by atoms with Crippen molar-refractivity contribution in [1.29, 1.82) is 0 Å². The van der Waals surface area contributed by atoms with Crippen molar-refractivity contribution in [2.75, 3.05) is 26.4 Å². The summed E-state index contributed by atoms with van der Waals surface area (Å²) in [5, 5.41) is 37.5. The van der Waals surface area contributed by atoms with Crippen LogP contribution in [0, 0.1) is 0 Å². The maximum atomic E-state index is 12.7. The van der Waals surface area contributed by atoms with Gasteiger partial charge in [0.2, 0.25) is 5.91 Å². The fraction of sp³-hybridized carbons (Fsp3) is 0.500. The van der Waals surface area contributed by atoms with Gasteiger partial charge in [-0.2, -0.15) is 13.2 Å². The SMILES string of the molecule is CC(=O)N[C@H]1[C@H](OCCCNC(=O)C(F)(F)F)O[C@H](COCc2ccccc2)[C@@H](O[C@@H]2O[C@H](COCc3ccccc3)[C@H](O)[C@H](O)[C@H]2O)[C@@H]1OCc1ccccc1. The molecule has 0 saturated carbocycles. The van der Waals surface area contributed by atoms with Crippen molar-refractivity contribution in [2.24, 2.45) is 0 Å². The van der Waals surface area contributed by atoms with E-state index in [1.165, 1.54) is 6.92 Å². The molecular formula is C40H49F3N2O12. The summed E-state index contributed by atoms with van der Waals surface area (Å²) >= 11 is 0. The molecule has 3 aromatic carbocycles. The smallest absolute Gasteiger partial charge is 0.387 e. The van der Waals surface area contributed by atoms with Crippen molar-refractivity contribution in [2.45, 2.75) is 101 Å². The molecule has 0 aromatic heterocycles. The molecule has 312 valence electrons. The van der Waals surface area contributed by atoms with Crippen LogP contribution in [0.15, 0.2) is 91.0 Å². The Hall–Kier alpha value is -4.01. The number of hydrogen-bond donors (Lipinski definition) is 5. The molecule has 0 spiro atoms. The fourth-order valence-corrected chi connectivity index (χ4v) is 6.33. The lowest BCUT2D eigenvalue weighted by Gasteiger charge is -2.48. The van der Waals surface area contributed by atoms with E-state index in [9.17, 15) is 38.1 Å². The Labute approximate surface area is 328 Å². The first-order valence-corrected chi connectivity index (χ1v) is 18.5. The van der Waals surface area contributed by atoms with E-state index in [0.717, 1.165) is 16.7 Å². The third kappa shape index (κ3) is 13.3. The second kappa shape index (κ2) is 21.7. The average molecular weight is 807 g/mol. The minimum Gasteiger partial charge on any atom is -0.387 e. The second-order valence-corrected chi connectivity index (χ2v) is 13.6. The Morgan fingerprint density at radius 1 is 0.684 bits per heavy atom. The van der Waals surface area contributed by atoms with Crippen LogP contribution in [0.1, 0.15) is 30.0 Å². The Kier molecular flexibility index (Phi) is 16.8. The van der Waals surface area contributed by atoms with Crippen LogP contribution < -0.4 is 10.6 Å². The van der Waals surface area contributed by atoms with Crippen LogP contribution >= 0.6 is 0 Å². The van der Waals surface area contributed by atoms with Crippen molar-refractivity contribution in [3.63, 3.8) is 0 Å². The predicted molar refractivity (Wildman–Crippen MR) is 195 cm³/mol. The molecule has 5 N–H and O–H groups in total. The van der Waals surface area contributed by atoms with Crippen LogP contribution in [0.2, 0.25) is 0 Å². The first kappa shape index (κ1) is 44.1. The van der Waals surface area contributed by atoms with E-state index in [2.05, 4.69) is 5.32 Å². The van der Waals surface area contributed by atoms with E-state index in [-0.39, 0.29) is 52.6 Å². The van der Waals surface area contributed by atoms with Gasteiger partial charge in [0, 0.05) is 13.5 Å². The number of alkyl halides is 3. The number of hydrogen-bond acceptors (Lipinski definition) is 12. The lowest BCUT2D eigenvalue weighted by atomic mass is 9.95. The number of carbonyl (C=O) groups is 2. The highest BCUT2D eigenvalue weighted by molar-refractivity contribution is 5.81. The number of aliphatic hydroxyl groups is 3. The molecule has 2 saturated heterocycles. The summed E-state index contributed by atoms with van der Waals surface area (Å²) < 4.78 is 81.4. The monoisotopic (exact) mass is 806 g/mol. The number of halogens is 3. The van der Waals surface area contributed by atoms with Gasteiger partial charge in [-0.25, -0.2) is 0 Å². The Balaban J connectivity index is 1.40.